The van der Waals surface area contributed by atoms with Crippen molar-refractivity contribution < 1.29 is 9.63 Å². The van der Waals surface area contributed by atoms with Crippen LogP contribution in [0.3, 0.4) is 0 Å². The first kappa shape index (κ1) is 13.6. The Morgan fingerprint density at radius 3 is 2.95 bits per heavy atom. The zero-order valence-corrected chi connectivity index (χ0v) is 11.2. The second kappa shape index (κ2) is 6.40. The lowest BCUT2D eigenvalue weighted by Crippen LogP contribution is -2.29. The van der Waals surface area contributed by atoms with Crippen LogP contribution in [-0.2, 0) is 0 Å². The third kappa shape index (κ3) is 3.15. The second-order valence-electron chi connectivity index (χ2n) is 4.23. The number of aliphatic hydroxyl groups excluding tert-OH is 1. The lowest BCUT2D eigenvalue weighted by atomic mass is 10.2. The SMILES string of the molecule is CCN(CCO)C(C)c1nc(-c2cccnc2)no1. The molecule has 6 heteroatoms. The minimum absolute atomic E-state index is 0.0185. The summed E-state index contributed by atoms with van der Waals surface area (Å²) in [5, 5.41) is 13.0. The van der Waals surface area contributed by atoms with Gasteiger partial charge in [-0.1, -0.05) is 12.1 Å². The van der Waals surface area contributed by atoms with Gasteiger partial charge in [0.15, 0.2) is 0 Å². The summed E-state index contributed by atoms with van der Waals surface area (Å²) >= 11 is 0. The first-order valence-corrected chi connectivity index (χ1v) is 6.35. The van der Waals surface area contributed by atoms with Crippen LogP contribution >= 0.6 is 0 Å². The van der Waals surface area contributed by atoms with Gasteiger partial charge >= 0.3 is 0 Å². The zero-order chi connectivity index (χ0) is 13.7. The van der Waals surface area contributed by atoms with E-state index in [1.165, 1.54) is 0 Å². The fourth-order valence-corrected chi connectivity index (χ4v) is 1.93. The Labute approximate surface area is 112 Å². The van der Waals surface area contributed by atoms with Gasteiger partial charge in [-0.15, -0.1) is 0 Å². The number of nitrogens with zero attached hydrogens (tertiary/aromatic N) is 4. The van der Waals surface area contributed by atoms with Crippen LogP contribution in [0.15, 0.2) is 29.0 Å². The van der Waals surface area contributed by atoms with Gasteiger partial charge in [-0.05, 0) is 25.6 Å². The normalized spacial score (nSPS) is 12.8. The highest BCUT2D eigenvalue weighted by Crippen LogP contribution is 2.21. The summed E-state index contributed by atoms with van der Waals surface area (Å²) < 4.78 is 5.30. The number of likely N-dealkylation sites (N-methyl/N-ethyl adjacent to an activating group) is 1. The summed E-state index contributed by atoms with van der Waals surface area (Å²) in [6.45, 7) is 5.53. The highest BCUT2D eigenvalue weighted by atomic mass is 16.5. The molecule has 2 rings (SSSR count). The van der Waals surface area contributed by atoms with Gasteiger partial charge < -0.3 is 9.63 Å². The molecular weight excluding hydrogens is 244 g/mol. The van der Waals surface area contributed by atoms with E-state index in [9.17, 15) is 0 Å². The van der Waals surface area contributed by atoms with Gasteiger partial charge in [-0.3, -0.25) is 9.88 Å². The minimum Gasteiger partial charge on any atom is -0.395 e. The van der Waals surface area contributed by atoms with Crippen molar-refractivity contribution in [3.8, 4) is 11.4 Å². The molecule has 0 amide bonds. The lowest BCUT2D eigenvalue weighted by Gasteiger charge is -2.23. The monoisotopic (exact) mass is 262 g/mol. The molecule has 2 aromatic heterocycles. The van der Waals surface area contributed by atoms with Crippen LogP contribution in [0.25, 0.3) is 11.4 Å². The molecule has 0 fully saturated rings. The van der Waals surface area contributed by atoms with E-state index in [4.69, 9.17) is 9.63 Å². The Balaban J connectivity index is 2.16. The van der Waals surface area contributed by atoms with E-state index in [-0.39, 0.29) is 12.6 Å². The molecule has 0 saturated carbocycles. The number of hydrogen-bond donors (Lipinski definition) is 1. The molecule has 0 bridgehead atoms. The number of aromatic nitrogens is 3. The maximum absolute atomic E-state index is 9.03. The Morgan fingerprint density at radius 1 is 1.47 bits per heavy atom. The Hall–Kier alpha value is -1.79. The van der Waals surface area contributed by atoms with E-state index in [0.717, 1.165) is 12.1 Å². The minimum atomic E-state index is -0.0185. The predicted molar refractivity (Wildman–Crippen MR) is 70.3 cm³/mol. The molecule has 102 valence electrons. The van der Waals surface area contributed by atoms with Gasteiger partial charge in [-0.2, -0.15) is 4.98 Å². The van der Waals surface area contributed by atoms with Crippen molar-refractivity contribution in [2.75, 3.05) is 19.7 Å². The average molecular weight is 262 g/mol. The quantitative estimate of drug-likeness (QED) is 0.850. The fourth-order valence-electron chi connectivity index (χ4n) is 1.93. The fraction of sp³-hybridized carbons (Fsp3) is 0.462. The van der Waals surface area contributed by atoms with E-state index >= 15 is 0 Å². The van der Waals surface area contributed by atoms with Crippen molar-refractivity contribution in [3.05, 3.63) is 30.4 Å². The third-order valence-electron chi connectivity index (χ3n) is 3.06. The summed E-state index contributed by atoms with van der Waals surface area (Å²) in [4.78, 5) is 10.5. The standard InChI is InChI=1S/C13H18N4O2/c1-3-17(7-8-18)10(2)13-15-12(16-19-13)11-5-4-6-14-9-11/h4-6,9-10,18H,3,7-8H2,1-2H3. The van der Waals surface area contributed by atoms with Crippen LogP contribution in [0, 0.1) is 0 Å². The number of aliphatic hydroxyl groups is 1. The van der Waals surface area contributed by atoms with Crippen LogP contribution < -0.4 is 0 Å². The average Bonchev–Trinajstić information content (AvgIpc) is 2.95. The van der Waals surface area contributed by atoms with E-state index in [2.05, 4.69) is 20.0 Å². The van der Waals surface area contributed by atoms with Crippen molar-refractivity contribution in [3.63, 3.8) is 0 Å². The van der Waals surface area contributed by atoms with E-state index in [1.807, 2.05) is 26.0 Å². The van der Waals surface area contributed by atoms with Crippen LogP contribution in [-0.4, -0.2) is 44.8 Å². The Kier molecular flexibility index (Phi) is 4.59. The summed E-state index contributed by atoms with van der Waals surface area (Å²) in [6.07, 6.45) is 3.40. The van der Waals surface area contributed by atoms with Crippen LogP contribution in [0.4, 0.5) is 0 Å². The van der Waals surface area contributed by atoms with Gasteiger partial charge in [0.2, 0.25) is 11.7 Å². The zero-order valence-electron chi connectivity index (χ0n) is 11.2. The smallest absolute Gasteiger partial charge is 0.244 e. The first-order chi connectivity index (χ1) is 9.26. The largest absolute Gasteiger partial charge is 0.395 e. The Bertz CT molecular complexity index is 500. The summed E-state index contributed by atoms with van der Waals surface area (Å²) in [6, 6.07) is 3.70. The van der Waals surface area contributed by atoms with Crippen molar-refractivity contribution >= 4 is 0 Å². The van der Waals surface area contributed by atoms with Gasteiger partial charge in [-0.25, -0.2) is 0 Å². The molecule has 0 aliphatic heterocycles. The van der Waals surface area contributed by atoms with Gasteiger partial charge in [0.25, 0.3) is 0 Å². The van der Waals surface area contributed by atoms with E-state index < -0.39 is 0 Å². The third-order valence-corrected chi connectivity index (χ3v) is 3.06. The molecule has 2 heterocycles. The van der Waals surface area contributed by atoms with E-state index in [1.54, 1.807) is 12.4 Å². The molecule has 1 N–H and O–H groups in total. The first-order valence-electron chi connectivity index (χ1n) is 6.35. The molecule has 0 aliphatic carbocycles. The van der Waals surface area contributed by atoms with Gasteiger partial charge in [0.1, 0.15) is 0 Å². The Morgan fingerprint density at radius 2 is 2.32 bits per heavy atom. The molecule has 19 heavy (non-hydrogen) atoms. The molecule has 1 atom stereocenters. The maximum atomic E-state index is 9.03. The summed E-state index contributed by atoms with van der Waals surface area (Å²) in [7, 11) is 0. The molecule has 0 aliphatic rings. The molecule has 0 spiro atoms. The maximum Gasteiger partial charge on any atom is 0.244 e. The summed E-state index contributed by atoms with van der Waals surface area (Å²) in [5.41, 5.74) is 0.829. The van der Waals surface area contributed by atoms with Gasteiger partial charge in [0.05, 0.1) is 12.6 Å². The van der Waals surface area contributed by atoms with Crippen LogP contribution in [0.1, 0.15) is 25.8 Å². The number of rotatable bonds is 6. The summed E-state index contributed by atoms with van der Waals surface area (Å²) in [5.74, 6) is 1.09. The van der Waals surface area contributed by atoms with E-state index in [0.29, 0.717) is 18.3 Å². The number of hydrogen-bond acceptors (Lipinski definition) is 6. The molecule has 1 unspecified atom stereocenters. The van der Waals surface area contributed by atoms with Crippen LogP contribution in [0.2, 0.25) is 0 Å². The predicted octanol–water partition coefficient (Wildman–Crippen LogP) is 1.51. The van der Waals surface area contributed by atoms with Crippen LogP contribution in [0.5, 0.6) is 0 Å². The highest BCUT2D eigenvalue weighted by Gasteiger charge is 2.20. The van der Waals surface area contributed by atoms with Gasteiger partial charge in [0, 0.05) is 24.5 Å². The molecular formula is C13H18N4O2. The molecule has 2 aromatic rings. The topological polar surface area (TPSA) is 75.3 Å². The van der Waals surface area contributed by atoms with Crippen molar-refractivity contribution in [1.29, 1.82) is 0 Å². The molecule has 6 nitrogen and oxygen atoms in total. The van der Waals surface area contributed by atoms with Crippen molar-refractivity contribution in [2.45, 2.75) is 19.9 Å². The highest BCUT2D eigenvalue weighted by molar-refractivity contribution is 5.51. The van der Waals surface area contributed by atoms with Crippen molar-refractivity contribution in [2.24, 2.45) is 0 Å². The lowest BCUT2D eigenvalue weighted by molar-refractivity contribution is 0.143. The molecule has 0 saturated heterocycles. The second-order valence-corrected chi connectivity index (χ2v) is 4.23. The number of pyridine rings is 1. The van der Waals surface area contributed by atoms with Crippen molar-refractivity contribution in [1.82, 2.24) is 20.0 Å². The molecule has 0 radical (unpaired) electrons. The molecule has 0 aromatic carbocycles.